The number of alkyl halides is 2. The summed E-state index contributed by atoms with van der Waals surface area (Å²) in [7, 11) is 0. The average Bonchev–Trinajstić information content (AvgIpc) is 2.77. The van der Waals surface area contributed by atoms with Crippen molar-refractivity contribution < 1.29 is 13.6 Å². The molecule has 27 heavy (non-hydrogen) atoms. The van der Waals surface area contributed by atoms with Crippen LogP contribution in [-0.4, -0.2) is 16.8 Å². The fourth-order valence-corrected chi connectivity index (χ4v) is 4.37. The lowest BCUT2D eigenvalue weighted by molar-refractivity contribution is -0.130. The lowest BCUT2D eigenvalue weighted by Crippen LogP contribution is -2.42. The van der Waals surface area contributed by atoms with Crippen LogP contribution in [0.2, 0.25) is 0 Å². The monoisotopic (exact) mass is 435 g/mol. The molecule has 0 bridgehead atoms. The maximum atomic E-state index is 13.7. The van der Waals surface area contributed by atoms with E-state index in [1.54, 1.807) is 18.0 Å². The van der Waals surface area contributed by atoms with Gasteiger partial charge in [0.15, 0.2) is 0 Å². The highest BCUT2D eigenvalue weighted by molar-refractivity contribution is 9.10. The topological polar surface area (TPSA) is 45.2 Å². The minimum atomic E-state index is -2.67. The van der Waals surface area contributed by atoms with Crippen molar-refractivity contribution in [3.05, 3.63) is 46.6 Å². The molecule has 1 fully saturated rings. The number of anilines is 3. The van der Waals surface area contributed by atoms with Crippen LogP contribution in [-0.2, 0) is 11.3 Å². The smallest absolute Gasteiger partial charge is 0.248 e. The average molecular weight is 436 g/mol. The minimum absolute atomic E-state index is 0.101. The zero-order chi connectivity index (χ0) is 19.2. The predicted molar refractivity (Wildman–Crippen MR) is 104 cm³/mol. The molecule has 2 heterocycles. The Balaban J connectivity index is 1.73. The third kappa shape index (κ3) is 3.57. The maximum Gasteiger partial charge on any atom is 0.248 e. The molecule has 1 aromatic carbocycles. The van der Waals surface area contributed by atoms with Gasteiger partial charge in [-0.3, -0.25) is 4.79 Å². The summed E-state index contributed by atoms with van der Waals surface area (Å²) < 4.78 is 28.3. The molecular formula is C20H20BrF2N3O. The number of nitrogens with zero attached hydrogens (tertiary/aromatic N) is 2. The lowest BCUT2D eigenvalue weighted by atomic mass is 9.77. The lowest BCUT2D eigenvalue weighted by Gasteiger charge is -2.36. The highest BCUT2D eigenvalue weighted by Crippen LogP contribution is 2.43. The molecule has 2 aliphatic rings. The SMILES string of the molecule is CC1CC(F)(F)CCC1C(=O)N1Cc2cccnc2Nc2ccc(Br)cc21. The largest absolute Gasteiger partial charge is 0.338 e. The minimum Gasteiger partial charge on any atom is -0.338 e. The number of hydrogen-bond acceptors (Lipinski definition) is 3. The van der Waals surface area contributed by atoms with Gasteiger partial charge in [-0.1, -0.05) is 28.9 Å². The van der Waals surface area contributed by atoms with E-state index in [1.807, 2.05) is 30.3 Å². The van der Waals surface area contributed by atoms with Crippen molar-refractivity contribution in [3.8, 4) is 0 Å². The molecule has 2 aromatic rings. The van der Waals surface area contributed by atoms with E-state index in [4.69, 9.17) is 0 Å². The van der Waals surface area contributed by atoms with Gasteiger partial charge in [-0.25, -0.2) is 13.8 Å². The first kappa shape index (κ1) is 18.3. The van der Waals surface area contributed by atoms with Crippen LogP contribution in [0.1, 0.15) is 31.7 Å². The van der Waals surface area contributed by atoms with Gasteiger partial charge in [-0.05, 0) is 36.6 Å². The van der Waals surface area contributed by atoms with E-state index in [2.05, 4.69) is 26.2 Å². The molecule has 7 heteroatoms. The van der Waals surface area contributed by atoms with Gasteiger partial charge in [0.25, 0.3) is 0 Å². The van der Waals surface area contributed by atoms with Crippen molar-refractivity contribution in [2.45, 2.75) is 38.7 Å². The summed E-state index contributed by atoms with van der Waals surface area (Å²) in [5, 5.41) is 3.30. The highest BCUT2D eigenvalue weighted by atomic mass is 79.9. The molecule has 2 unspecified atom stereocenters. The Hall–Kier alpha value is -2.02. The first-order valence-corrected chi connectivity index (χ1v) is 9.83. The third-order valence-corrected chi connectivity index (χ3v) is 5.93. The molecular weight excluding hydrogens is 416 g/mol. The van der Waals surface area contributed by atoms with Crippen LogP contribution >= 0.6 is 15.9 Å². The fourth-order valence-electron chi connectivity index (χ4n) is 4.03. The van der Waals surface area contributed by atoms with Crippen LogP contribution in [0.25, 0.3) is 0 Å². The van der Waals surface area contributed by atoms with Crippen LogP contribution in [0, 0.1) is 11.8 Å². The Kier molecular flexibility index (Phi) is 4.66. The molecule has 1 N–H and O–H groups in total. The third-order valence-electron chi connectivity index (χ3n) is 5.44. The van der Waals surface area contributed by atoms with E-state index in [-0.39, 0.29) is 31.1 Å². The van der Waals surface area contributed by atoms with E-state index >= 15 is 0 Å². The van der Waals surface area contributed by atoms with Gasteiger partial charge in [-0.15, -0.1) is 0 Å². The second kappa shape index (κ2) is 6.86. The summed E-state index contributed by atoms with van der Waals surface area (Å²) in [6.07, 6.45) is 1.44. The Labute approximate surface area is 165 Å². The van der Waals surface area contributed by atoms with Crippen LogP contribution in [0.4, 0.5) is 26.0 Å². The number of halogens is 3. The van der Waals surface area contributed by atoms with Crippen LogP contribution in [0.3, 0.4) is 0 Å². The number of hydrogen-bond donors (Lipinski definition) is 1. The van der Waals surface area contributed by atoms with Crippen molar-refractivity contribution >= 4 is 39.0 Å². The Morgan fingerprint density at radius 1 is 1.37 bits per heavy atom. The number of fused-ring (bicyclic) bond motifs is 2. The zero-order valence-corrected chi connectivity index (χ0v) is 16.5. The molecule has 0 saturated heterocycles. The summed E-state index contributed by atoms with van der Waals surface area (Å²) in [4.78, 5) is 19.5. The van der Waals surface area contributed by atoms with Gasteiger partial charge in [0, 0.05) is 35.0 Å². The molecule has 1 aromatic heterocycles. The number of aromatic nitrogens is 1. The Morgan fingerprint density at radius 3 is 2.96 bits per heavy atom. The van der Waals surface area contributed by atoms with Gasteiger partial charge in [-0.2, -0.15) is 0 Å². The van der Waals surface area contributed by atoms with Gasteiger partial charge in [0.2, 0.25) is 11.8 Å². The summed E-state index contributed by atoms with van der Waals surface area (Å²) in [5.74, 6) is -2.83. The first-order chi connectivity index (χ1) is 12.8. The summed E-state index contributed by atoms with van der Waals surface area (Å²) in [5.41, 5.74) is 2.40. The number of carbonyl (C=O) groups excluding carboxylic acids is 1. The normalized spacial score (nSPS) is 23.6. The summed E-state index contributed by atoms with van der Waals surface area (Å²) >= 11 is 3.47. The van der Waals surface area contributed by atoms with E-state index in [1.165, 1.54) is 0 Å². The highest BCUT2D eigenvalue weighted by Gasteiger charge is 2.43. The standard InChI is InChI=1S/C20H20BrF2N3O/c1-12-10-20(22,23)7-6-15(12)19(27)26-11-13-3-2-8-24-18(13)25-16-5-4-14(21)9-17(16)26/h2-5,8-9,12,15H,6-7,10-11H2,1H3,(H,24,25). The second-order valence-corrected chi connectivity index (χ2v) is 8.32. The first-order valence-electron chi connectivity index (χ1n) is 9.04. The molecule has 0 spiro atoms. The van der Waals surface area contributed by atoms with Crippen LogP contribution < -0.4 is 10.2 Å². The molecule has 142 valence electrons. The molecule has 1 amide bonds. The number of rotatable bonds is 1. The summed E-state index contributed by atoms with van der Waals surface area (Å²) in [6, 6.07) is 9.43. The van der Waals surface area contributed by atoms with Crippen molar-refractivity contribution in [3.63, 3.8) is 0 Å². The molecule has 1 saturated carbocycles. The van der Waals surface area contributed by atoms with Crippen molar-refractivity contribution in [2.24, 2.45) is 11.8 Å². The number of benzene rings is 1. The van der Waals surface area contributed by atoms with Crippen molar-refractivity contribution in [1.82, 2.24) is 4.98 Å². The van der Waals surface area contributed by atoms with E-state index in [0.29, 0.717) is 12.4 Å². The number of nitrogens with one attached hydrogen (secondary N) is 1. The fraction of sp³-hybridized carbons (Fsp3) is 0.400. The number of amides is 1. The Morgan fingerprint density at radius 2 is 2.19 bits per heavy atom. The van der Waals surface area contributed by atoms with Crippen LogP contribution in [0.5, 0.6) is 0 Å². The maximum absolute atomic E-state index is 13.7. The number of pyridine rings is 1. The van der Waals surface area contributed by atoms with Gasteiger partial charge in [0.05, 0.1) is 17.9 Å². The van der Waals surface area contributed by atoms with Crippen molar-refractivity contribution in [1.29, 1.82) is 0 Å². The molecule has 1 aliphatic heterocycles. The zero-order valence-electron chi connectivity index (χ0n) is 14.9. The van der Waals surface area contributed by atoms with E-state index in [0.717, 1.165) is 21.4 Å². The van der Waals surface area contributed by atoms with Gasteiger partial charge in [0.1, 0.15) is 5.82 Å². The molecule has 0 radical (unpaired) electrons. The number of carbonyl (C=O) groups is 1. The molecule has 1 aliphatic carbocycles. The van der Waals surface area contributed by atoms with Gasteiger partial charge >= 0.3 is 0 Å². The quantitative estimate of drug-likeness (QED) is 0.642. The molecule has 2 atom stereocenters. The van der Waals surface area contributed by atoms with E-state index < -0.39 is 11.8 Å². The Bertz CT molecular complexity index is 889. The van der Waals surface area contributed by atoms with Gasteiger partial charge < -0.3 is 10.2 Å². The summed E-state index contributed by atoms with van der Waals surface area (Å²) in [6.45, 7) is 2.11. The molecule has 4 rings (SSSR count). The second-order valence-electron chi connectivity index (χ2n) is 7.40. The van der Waals surface area contributed by atoms with Crippen molar-refractivity contribution in [2.75, 3.05) is 10.2 Å². The van der Waals surface area contributed by atoms with E-state index in [9.17, 15) is 13.6 Å². The van der Waals surface area contributed by atoms with Crippen LogP contribution in [0.15, 0.2) is 41.0 Å². The predicted octanol–water partition coefficient (Wildman–Crippen LogP) is 5.51. The molecule has 4 nitrogen and oxygen atoms in total.